The number of rotatable bonds is 1. The van der Waals surface area contributed by atoms with Crippen molar-refractivity contribution in [3.63, 3.8) is 0 Å². The molecule has 0 aromatic heterocycles. The molecule has 4 aliphatic rings. The van der Waals surface area contributed by atoms with Gasteiger partial charge in [0, 0.05) is 12.5 Å². The van der Waals surface area contributed by atoms with E-state index < -0.39 is 0 Å². The minimum atomic E-state index is 0.363. The van der Waals surface area contributed by atoms with E-state index in [1.54, 1.807) is 0 Å². The van der Waals surface area contributed by atoms with Crippen molar-refractivity contribution in [1.82, 2.24) is 10.2 Å². The maximum absolute atomic E-state index is 11.9. The second-order valence-corrected chi connectivity index (χ2v) is 4.99. The van der Waals surface area contributed by atoms with Crippen molar-refractivity contribution in [3.8, 4) is 0 Å². The highest BCUT2D eigenvalue weighted by Gasteiger charge is 2.45. The summed E-state index contributed by atoms with van der Waals surface area (Å²) >= 11 is 0. The van der Waals surface area contributed by atoms with E-state index >= 15 is 0 Å². The van der Waals surface area contributed by atoms with Crippen molar-refractivity contribution in [2.45, 2.75) is 38.3 Å². The Balaban J connectivity index is 1.68. The first kappa shape index (κ1) is 8.72. The molecule has 78 valence electrons. The molecule has 4 rings (SSSR count). The summed E-state index contributed by atoms with van der Waals surface area (Å²) < 4.78 is 0. The summed E-state index contributed by atoms with van der Waals surface area (Å²) in [4.78, 5) is 14.1. The lowest BCUT2D eigenvalue weighted by molar-refractivity contribution is -0.154. The molecule has 14 heavy (non-hydrogen) atoms. The van der Waals surface area contributed by atoms with Crippen molar-refractivity contribution < 1.29 is 4.79 Å². The number of amides is 1. The number of hydrogen-bond acceptors (Lipinski definition) is 2. The number of fused-ring (bicyclic) bond motifs is 2. The van der Waals surface area contributed by atoms with Gasteiger partial charge in [-0.3, -0.25) is 10.1 Å². The number of nitrogens with zero attached hydrogens (tertiary/aromatic N) is 1. The van der Waals surface area contributed by atoms with E-state index in [1.165, 1.54) is 25.7 Å². The van der Waals surface area contributed by atoms with Gasteiger partial charge in [0.05, 0.1) is 6.17 Å². The van der Waals surface area contributed by atoms with Crippen LogP contribution in [0.15, 0.2) is 0 Å². The molecule has 1 unspecified atom stereocenters. The Morgan fingerprint density at radius 3 is 2.79 bits per heavy atom. The van der Waals surface area contributed by atoms with E-state index in [-0.39, 0.29) is 0 Å². The Labute approximate surface area is 84.8 Å². The highest BCUT2D eigenvalue weighted by atomic mass is 16.2. The van der Waals surface area contributed by atoms with Crippen LogP contribution in [0, 0.1) is 11.8 Å². The Hall–Kier alpha value is -0.570. The summed E-state index contributed by atoms with van der Waals surface area (Å²) in [6.07, 6.45) is 6.40. The molecule has 3 saturated heterocycles. The minimum Gasteiger partial charge on any atom is -0.327 e. The van der Waals surface area contributed by atoms with Crippen LogP contribution in [0.3, 0.4) is 0 Å². The summed E-state index contributed by atoms with van der Waals surface area (Å²) in [5, 5.41) is 3.47. The molecule has 1 atom stereocenters. The molecule has 1 saturated carbocycles. The Bertz CT molecular complexity index is 242. The third-order valence-corrected chi connectivity index (χ3v) is 3.98. The number of hydrogen-bond donors (Lipinski definition) is 1. The van der Waals surface area contributed by atoms with Crippen LogP contribution >= 0.6 is 0 Å². The molecule has 1 amide bonds. The van der Waals surface area contributed by atoms with E-state index in [4.69, 9.17) is 0 Å². The van der Waals surface area contributed by atoms with Crippen molar-refractivity contribution in [2.24, 2.45) is 11.8 Å². The van der Waals surface area contributed by atoms with Crippen LogP contribution in [0.1, 0.15) is 32.1 Å². The fourth-order valence-corrected chi connectivity index (χ4v) is 3.07. The van der Waals surface area contributed by atoms with Crippen molar-refractivity contribution >= 4 is 5.91 Å². The molecule has 3 nitrogen and oxygen atoms in total. The van der Waals surface area contributed by atoms with Crippen molar-refractivity contribution in [3.05, 3.63) is 0 Å². The molecule has 0 aromatic carbocycles. The number of carbonyl (C=O) groups is 1. The van der Waals surface area contributed by atoms with Crippen LogP contribution < -0.4 is 5.32 Å². The highest BCUT2D eigenvalue weighted by molar-refractivity contribution is 5.81. The molecule has 0 radical (unpaired) electrons. The topological polar surface area (TPSA) is 32.3 Å². The molecule has 2 bridgehead atoms. The lowest BCUT2D eigenvalue weighted by Gasteiger charge is -2.49. The van der Waals surface area contributed by atoms with Gasteiger partial charge in [-0.25, -0.2) is 0 Å². The van der Waals surface area contributed by atoms with Crippen molar-refractivity contribution in [1.29, 1.82) is 0 Å². The third-order valence-electron chi connectivity index (χ3n) is 3.98. The first-order valence-corrected chi connectivity index (χ1v) is 5.88. The zero-order valence-electron chi connectivity index (χ0n) is 8.54. The van der Waals surface area contributed by atoms with E-state index in [0.29, 0.717) is 18.0 Å². The molecule has 0 spiro atoms. The van der Waals surface area contributed by atoms with Crippen LogP contribution in [0.4, 0.5) is 0 Å². The first-order chi connectivity index (χ1) is 6.84. The summed E-state index contributed by atoms with van der Waals surface area (Å²) in [5.74, 6) is 1.63. The minimum absolute atomic E-state index is 0.363. The standard InChI is InChI=1S/C11H18N2O/c14-11-9-5-8(6-9)7-13(11)10-3-1-2-4-12-10/h8-10,12H,1-7H2. The first-order valence-electron chi connectivity index (χ1n) is 5.88. The lowest BCUT2D eigenvalue weighted by atomic mass is 9.70. The molecular formula is C11H18N2O. The molecule has 3 heteroatoms. The predicted molar refractivity (Wildman–Crippen MR) is 53.6 cm³/mol. The van der Waals surface area contributed by atoms with Gasteiger partial charge < -0.3 is 4.90 Å². The van der Waals surface area contributed by atoms with E-state index in [9.17, 15) is 4.79 Å². The largest absolute Gasteiger partial charge is 0.327 e. The number of nitrogens with one attached hydrogen (secondary N) is 1. The van der Waals surface area contributed by atoms with Gasteiger partial charge in [0.1, 0.15) is 0 Å². The fourth-order valence-electron chi connectivity index (χ4n) is 3.07. The zero-order chi connectivity index (χ0) is 9.54. The maximum atomic E-state index is 11.9. The summed E-state index contributed by atoms with van der Waals surface area (Å²) in [6, 6.07) is 0. The van der Waals surface area contributed by atoms with Crippen LogP contribution in [0.2, 0.25) is 0 Å². The van der Waals surface area contributed by atoms with E-state index in [2.05, 4.69) is 10.2 Å². The Morgan fingerprint density at radius 2 is 2.14 bits per heavy atom. The summed E-state index contributed by atoms with van der Waals surface area (Å²) in [7, 11) is 0. The lowest BCUT2D eigenvalue weighted by Crippen LogP contribution is -2.60. The second kappa shape index (κ2) is 3.23. The van der Waals surface area contributed by atoms with Gasteiger partial charge >= 0.3 is 0 Å². The number of piperidine rings is 3. The maximum Gasteiger partial charge on any atom is 0.226 e. The second-order valence-electron chi connectivity index (χ2n) is 4.99. The molecule has 1 N–H and O–H groups in total. The van der Waals surface area contributed by atoms with Crippen LogP contribution in [0.5, 0.6) is 0 Å². The van der Waals surface area contributed by atoms with E-state index in [1.807, 2.05) is 0 Å². The molecule has 4 fully saturated rings. The third kappa shape index (κ3) is 1.26. The van der Waals surface area contributed by atoms with E-state index in [0.717, 1.165) is 25.4 Å². The Kier molecular flexibility index (Phi) is 2.01. The quantitative estimate of drug-likeness (QED) is 0.674. The molecule has 3 heterocycles. The van der Waals surface area contributed by atoms with Crippen molar-refractivity contribution in [2.75, 3.05) is 13.1 Å². The molecule has 3 aliphatic heterocycles. The van der Waals surface area contributed by atoms with Gasteiger partial charge in [-0.05, 0) is 44.6 Å². The molecule has 1 aliphatic carbocycles. The zero-order valence-corrected chi connectivity index (χ0v) is 8.54. The summed E-state index contributed by atoms with van der Waals surface area (Å²) in [5.41, 5.74) is 0. The van der Waals surface area contributed by atoms with Gasteiger partial charge in [0.15, 0.2) is 0 Å². The van der Waals surface area contributed by atoms with Gasteiger partial charge in [-0.15, -0.1) is 0 Å². The van der Waals surface area contributed by atoms with Gasteiger partial charge in [-0.2, -0.15) is 0 Å². The predicted octanol–water partition coefficient (Wildman–Crippen LogP) is 0.954. The van der Waals surface area contributed by atoms with Crippen LogP contribution in [-0.2, 0) is 4.79 Å². The van der Waals surface area contributed by atoms with Crippen LogP contribution in [0.25, 0.3) is 0 Å². The van der Waals surface area contributed by atoms with Crippen LogP contribution in [-0.4, -0.2) is 30.1 Å². The highest BCUT2D eigenvalue weighted by Crippen LogP contribution is 2.41. The van der Waals surface area contributed by atoms with Gasteiger partial charge in [0.25, 0.3) is 0 Å². The Morgan fingerprint density at radius 1 is 1.29 bits per heavy atom. The average molecular weight is 194 g/mol. The summed E-state index contributed by atoms with van der Waals surface area (Å²) in [6.45, 7) is 2.11. The smallest absolute Gasteiger partial charge is 0.226 e. The monoisotopic (exact) mass is 194 g/mol. The molecular weight excluding hydrogens is 176 g/mol. The molecule has 0 aromatic rings. The normalized spacial score (nSPS) is 42.1. The van der Waals surface area contributed by atoms with Gasteiger partial charge in [0.2, 0.25) is 5.91 Å². The fraction of sp³-hybridized carbons (Fsp3) is 0.909. The number of carbonyl (C=O) groups excluding carboxylic acids is 1. The average Bonchev–Trinajstić information content (AvgIpc) is 2.17. The van der Waals surface area contributed by atoms with Gasteiger partial charge in [-0.1, -0.05) is 0 Å². The SMILES string of the molecule is O=C1C2CC(C2)CN1C1CCCCN1.